The van der Waals surface area contributed by atoms with Gasteiger partial charge in [-0.2, -0.15) is 4.98 Å². The van der Waals surface area contributed by atoms with Crippen LogP contribution in [0, 0.1) is 0 Å². The van der Waals surface area contributed by atoms with Crippen molar-refractivity contribution in [3.63, 3.8) is 0 Å². The number of pyridine rings is 1. The van der Waals surface area contributed by atoms with E-state index in [0.717, 1.165) is 0 Å². The first-order valence-corrected chi connectivity index (χ1v) is 5.58. The summed E-state index contributed by atoms with van der Waals surface area (Å²) >= 11 is 0. The van der Waals surface area contributed by atoms with Crippen molar-refractivity contribution in [1.82, 2.24) is 20.7 Å². The van der Waals surface area contributed by atoms with Gasteiger partial charge in [0.15, 0.2) is 5.82 Å². The van der Waals surface area contributed by atoms with E-state index < -0.39 is 0 Å². The molecule has 0 aliphatic heterocycles. The SMILES string of the molecule is COc1cnc2c(NC(C)(C)C)nc([N])nc2c1. The first-order chi connectivity index (χ1) is 8.39. The Morgan fingerprint density at radius 3 is 2.61 bits per heavy atom. The lowest BCUT2D eigenvalue weighted by Crippen LogP contribution is -2.27. The van der Waals surface area contributed by atoms with Crippen LogP contribution in [-0.2, 0) is 0 Å². The number of ether oxygens (including phenoxy) is 1. The van der Waals surface area contributed by atoms with Gasteiger partial charge in [-0.3, -0.25) is 0 Å². The minimum absolute atomic E-state index is 0.185. The lowest BCUT2D eigenvalue weighted by Gasteiger charge is -2.21. The summed E-state index contributed by atoms with van der Waals surface area (Å²) in [5, 5.41) is 3.19. The quantitative estimate of drug-likeness (QED) is 0.874. The van der Waals surface area contributed by atoms with Gasteiger partial charge < -0.3 is 10.1 Å². The Balaban J connectivity index is 2.59. The molecule has 0 aromatic carbocycles. The van der Waals surface area contributed by atoms with E-state index in [9.17, 15) is 5.73 Å². The molecule has 0 atom stereocenters. The first kappa shape index (κ1) is 12.3. The molecule has 0 aliphatic rings. The monoisotopic (exact) mass is 245 g/mol. The Morgan fingerprint density at radius 1 is 1.28 bits per heavy atom. The normalized spacial score (nSPS) is 11.6. The highest BCUT2D eigenvalue weighted by Crippen LogP contribution is 2.24. The average Bonchev–Trinajstić information content (AvgIpc) is 2.25. The van der Waals surface area contributed by atoms with E-state index >= 15 is 0 Å². The van der Waals surface area contributed by atoms with E-state index in [0.29, 0.717) is 22.6 Å². The summed E-state index contributed by atoms with van der Waals surface area (Å²) in [6, 6.07) is 1.71. The van der Waals surface area contributed by atoms with Gasteiger partial charge in [0.05, 0.1) is 13.3 Å². The van der Waals surface area contributed by atoms with Crippen LogP contribution in [0.5, 0.6) is 5.75 Å². The van der Waals surface area contributed by atoms with Crippen molar-refractivity contribution in [1.29, 1.82) is 0 Å². The topological polar surface area (TPSA) is 82.2 Å². The highest BCUT2D eigenvalue weighted by atomic mass is 16.5. The molecule has 0 saturated heterocycles. The summed E-state index contributed by atoms with van der Waals surface area (Å²) in [5.41, 5.74) is 10.5. The second-order valence-electron chi connectivity index (χ2n) is 4.99. The molecule has 18 heavy (non-hydrogen) atoms. The van der Waals surface area contributed by atoms with Gasteiger partial charge in [0.25, 0.3) is 5.95 Å². The number of hydrogen-bond donors (Lipinski definition) is 1. The van der Waals surface area contributed by atoms with Gasteiger partial charge in [-0.25, -0.2) is 9.97 Å². The fourth-order valence-electron chi connectivity index (χ4n) is 1.54. The van der Waals surface area contributed by atoms with Gasteiger partial charge in [-0.15, -0.1) is 5.73 Å². The maximum Gasteiger partial charge on any atom is 0.271 e. The number of anilines is 1. The van der Waals surface area contributed by atoms with Crippen LogP contribution in [0.15, 0.2) is 12.3 Å². The van der Waals surface area contributed by atoms with Gasteiger partial charge in [-0.1, -0.05) is 0 Å². The molecule has 2 aromatic heterocycles. The highest BCUT2D eigenvalue weighted by molar-refractivity contribution is 5.86. The molecule has 0 bridgehead atoms. The third-order valence-electron chi connectivity index (χ3n) is 2.23. The van der Waals surface area contributed by atoms with E-state index in [-0.39, 0.29) is 11.5 Å². The van der Waals surface area contributed by atoms with Crippen LogP contribution in [0.4, 0.5) is 11.8 Å². The van der Waals surface area contributed by atoms with Crippen LogP contribution >= 0.6 is 0 Å². The van der Waals surface area contributed by atoms with Crippen molar-refractivity contribution in [3.05, 3.63) is 12.3 Å². The lowest BCUT2D eigenvalue weighted by atomic mass is 10.1. The lowest BCUT2D eigenvalue weighted by molar-refractivity contribution is 0.413. The fraction of sp³-hybridized carbons (Fsp3) is 0.417. The summed E-state index contributed by atoms with van der Waals surface area (Å²) in [4.78, 5) is 12.2. The first-order valence-electron chi connectivity index (χ1n) is 5.58. The van der Waals surface area contributed by atoms with Crippen molar-refractivity contribution in [2.45, 2.75) is 26.3 Å². The van der Waals surface area contributed by atoms with Crippen molar-refractivity contribution >= 4 is 22.8 Å². The van der Waals surface area contributed by atoms with Crippen LogP contribution in [0.1, 0.15) is 20.8 Å². The molecule has 2 rings (SSSR count). The maximum atomic E-state index is 9.54. The Kier molecular flexibility index (Phi) is 2.94. The van der Waals surface area contributed by atoms with Crippen molar-refractivity contribution in [2.75, 3.05) is 12.4 Å². The molecule has 0 aliphatic carbocycles. The minimum Gasteiger partial charge on any atom is -0.495 e. The van der Waals surface area contributed by atoms with Crippen LogP contribution in [-0.4, -0.2) is 27.6 Å². The molecule has 2 aromatic rings. The number of nitrogens with one attached hydrogen (secondary N) is 1. The number of methoxy groups -OCH3 is 1. The standard InChI is InChI=1S/C12H15N5O/c1-12(2,3)17-10-9-8(15-11(13)16-10)5-7(18-4)6-14-9/h5-6H,1-4H3,(H,15,16,17). The largest absolute Gasteiger partial charge is 0.495 e. The molecule has 2 radical (unpaired) electrons. The zero-order valence-electron chi connectivity index (χ0n) is 10.9. The van der Waals surface area contributed by atoms with E-state index in [1.165, 1.54) is 0 Å². The number of hydrogen-bond acceptors (Lipinski definition) is 5. The molecule has 6 heteroatoms. The third-order valence-corrected chi connectivity index (χ3v) is 2.23. The van der Waals surface area contributed by atoms with Gasteiger partial charge >= 0.3 is 0 Å². The predicted molar refractivity (Wildman–Crippen MR) is 69.1 cm³/mol. The van der Waals surface area contributed by atoms with Crippen LogP contribution in [0.3, 0.4) is 0 Å². The summed E-state index contributed by atoms with van der Waals surface area (Å²) in [7, 11) is 1.55. The summed E-state index contributed by atoms with van der Waals surface area (Å²) in [6.45, 7) is 6.00. The molecular formula is C12H15N5O. The van der Waals surface area contributed by atoms with Gasteiger partial charge in [0.1, 0.15) is 16.8 Å². The number of fused-ring (bicyclic) bond motifs is 1. The molecule has 0 amide bonds. The molecule has 94 valence electrons. The van der Waals surface area contributed by atoms with Gasteiger partial charge in [-0.05, 0) is 20.8 Å². The summed E-state index contributed by atoms with van der Waals surface area (Å²) < 4.78 is 5.08. The van der Waals surface area contributed by atoms with E-state index in [1.807, 2.05) is 20.8 Å². The average molecular weight is 245 g/mol. The fourth-order valence-corrected chi connectivity index (χ4v) is 1.54. The Bertz CT molecular complexity index is 576. The highest BCUT2D eigenvalue weighted by Gasteiger charge is 2.15. The van der Waals surface area contributed by atoms with Crippen LogP contribution in [0.2, 0.25) is 0 Å². The summed E-state index contributed by atoms with van der Waals surface area (Å²) in [5.74, 6) is 0.805. The second kappa shape index (κ2) is 4.29. The molecule has 2 heterocycles. The van der Waals surface area contributed by atoms with E-state index in [1.54, 1.807) is 19.4 Å². The zero-order valence-corrected chi connectivity index (χ0v) is 10.9. The van der Waals surface area contributed by atoms with Crippen molar-refractivity contribution in [2.24, 2.45) is 0 Å². The van der Waals surface area contributed by atoms with Crippen LogP contribution < -0.4 is 15.8 Å². The molecule has 0 saturated carbocycles. The number of aromatic nitrogens is 3. The second-order valence-corrected chi connectivity index (χ2v) is 4.99. The predicted octanol–water partition coefficient (Wildman–Crippen LogP) is 1.94. The van der Waals surface area contributed by atoms with Gasteiger partial charge in [0, 0.05) is 11.6 Å². The minimum atomic E-state index is -0.288. The van der Waals surface area contributed by atoms with Gasteiger partial charge in [0.2, 0.25) is 0 Å². The Hall–Kier alpha value is -2.11. The Morgan fingerprint density at radius 2 is 2.00 bits per heavy atom. The molecule has 0 spiro atoms. The zero-order chi connectivity index (χ0) is 13.3. The van der Waals surface area contributed by atoms with Crippen molar-refractivity contribution < 1.29 is 4.74 Å². The smallest absolute Gasteiger partial charge is 0.271 e. The molecule has 1 N–H and O–H groups in total. The van der Waals surface area contributed by atoms with Crippen molar-refractivity contribution in [3.8, 4) is 5.75 Å². The maximum absolute atomic E-state index is 9.54. The number of rotatable bonds is 2. The molecule has 6 nitrogen and oxygen atoms in total. The summed E-state index contributed by atoms with van der Waals surface area (Å²) in [6.07, 6.45) is 1.59. The van der Waals surface area contributed by atoms with E-state index in [2.05, 4.69) is 20.3 Å². The Labute approximate surface area is 106 Å². The number of nitrogens with zero attached hydrogens (tertiary/aromatic N) is 4. The van der Waals surface area contributed by atoms with E-state index in [4.69, 9.17) is 4.74 Å². The third kappa shape index (κ3) is 2.58. The molecular weight excluding hydrogens is 230 g/mol. The molecule has 0 fully saturated rings. The molecule has 0 unspecified atom stereocenters. The van der Waals surface area contributed by atoms with Crippen LogP contribution in [0.25, 0.3) is 11.0 Å².